The van der Waals surface area contributed by atoms with Crippen LogP contribution in [0.2, 0.25) is 0 Å². The number of phenolic OH excluding ortho intramolecular Hbond substituents is 1. The van der Waals surface area contributed by atoms with Crippen molar-refractivity contribution < 1.29 is 9.90 Å². The van der Waals surface area contributed by atoms with E-state index >= 15 is 0 Å². The molecule has 0 aliphatic rings. The molecule has 0 spiro atoms. The zero-order valence-corrected chi connectivity index (χ0v) is 12.7. The number of amides is 1. The fraction of sp³-hybridized carbons (Fsp3) is 0.0526. The number of benzene rings is 3. The maximum absolute atomic E-state index is 12.4. The third kappa shape index (κ3) is 3.21. The lowest BCUT2D eigenvalue weighted by molar-refractivity contribution is 0.0956. The van der Waals surface area contributed by atoms with Crippen molar-refractivity contribution in [3.8, 4) is 5.75 Å². The molecule has 0 saturated heterocycles. The molecule has 0 saturated carbocycles. The van der Waals surface area contributed by atoms with Gasteiger partial charge < -0.3 is 5.11 Å². The molecular weight excluding hydrogens is 288 g/mol. The highest BCUT2D eigenvalue weighted by atomic mass is 16.3. The Morgan fingerprint density at radius 3 is 2.57 bits per heavy atom. The van der Waals surface area contributed by atoms with Crippen molar-refractivity contribution in [3.05, 3.63) is 77.9 Å². The van der Waals surface area contributed by atoms with Crippen LogP contribution in [0.15, 0.2) is 71.8 Å². The molecule has 0 fully saturated rings. The van der Waals surface area contributed by atoms with Gasteiger partial charge in [-0.2, -0.15) is 5.10 Å². The van der Waals surface area contributed by atoms with E-state index in [1.54, 1.807) is 31.2 Å². The summed E-state index contributed by atoms with van der Waals surface area (Å²) in [5.74, 6) is -0.0984. The van der Waals surface area contributed by atoms with Gasteiger partial charge in [-0.3, -0.25) is 4.79 Å². The van der Waals surface area contributed by atoms with E-state index in [9.17, 15) is 9.90 Å². The van der Waals surface area contributed by atoms with Crippen LogP contribution in [-0.4, -0.2) is 16.7 Å². The van der Waals surface area contributed by atoms with Crippen LogP contribution in [0.25, 0.3) is 10.8 Å². The number of carbonyl (C=O) groups excluding carboxylic acids is 1. The van der Waals surface area contributed by atoms with E-state index in [1.807, 2.05) is 42.5 Å². The predicted molar refractivity (Wildman–Crippen MR) is 91.7 cm³/mol. The number of hydrogen-bond donors (Lipinski definition) is 2. The summed E-state index contributed by atoms with van der Waals surface area (Å²) < 4.78 is 0. The smallest absolute Gasteiger partial charge is 0.272 e. The monoisotopic (exact) mass is 304 g/mol. The minimum Gasteiger partial charge on any atom is -0.508 e. The van der Waals surface area contributed by atoms with Crippen molar-refractivity contribution in [2.24, 2.45) is 5.10 Å². The second kappa shape index (κ2) is 6.32. The Bertz CT molecular complexity index is 895. The van der Waals surface area contributed by atoms with Crippen molar-refractivity contribution >= 4 is 22.4 Å². The quantitative estimate of drug-likeness (QED) is 0.572. The standard InChI is InChI=1S/C19H16N2O2/c1-13(15-8-4-9-16(22)12-15)20-21-19(23)18-11-5-7-14-6-2-3-10-17(14)18/h2-12,22H,1H3,(H,21,23)/b20-13+. The Morgan fingerprint density at radius 2 is 1.74 bits per heavy atom. The number of rotatable bonds is 3. The Kier molecular flexibility index (Phi) is 4.06. The first kappa shape index (κ1) is 14.8. The van der Waals surface area contributed by atoms with E-state index in [0.29, 0.717) is 11.3 Å². The molecule has 1 amide bonds. The molecule has 0 aliphatic carbocycles. The molecule has 0 aromatic heterocycles. The Morgan fingerprint density at radius 1 is 1.00 bits per heavy atom. The van der Waals surface area contributed by atoms with E-state index in [0.717, 1.165) is 16.3 Å². The third-order valence-corrected chi connectivity index (χ3v) is 3.62. The van der Waals surface area contributed by atoms with Gasteiger partial charge in [0.2, 0.25) is 0 Å². The van der Waals surface area contributed by atoms with Crippen LogP contribution in [0, 0.1) is 0 Å². The van der Waals surface area contributed by atoms with E-state index in [2.05, 4.69) is 10.5 Å². The summed E-state index contributed by atoms with van der Waals surface area (Å²) in [6.07, 6.45) is 0. The summed E-state index contributed by atoms with van der Waals surface area (Å²) in [7, 11) is 0. The van der Waals surface area contributed by atoms with Crippen molar-refractivity contribution in [1.82, 2.24) is 5.43 Å². The second-order valence-electron chi connectivity index (χ2n) is 5.22. The van der Waals surface area contributed by atoms with Gasteiger partial charge in [-0.15, -0.1) is 0 Å². The molecule has 4 nitrogen and oxygen atoms in total. The van der Waals surface area contributed by atoms with Crippen LogP contribution in [0.3, 0.4) is 0 Å². The van der Waals surface area contributed by atoms with E-state index < -0.39 is 0 Å². The number of fused-ring (bicyclic) bond motifs is 1. The van der Waals surface area contributed by atoms with Gasteiger partial charge in [0.15, 0.2) is 0 Å². The number of aromatic hydroxyl groups is 1. The Labute approximate surface area is 134 Å². The first-order valence-electron chi connectivity index (χ1n) is 7.27. The summed E-state index contributed by atoms with van der Waals surface area (Å²) in [4.78, 5) is 12.4. The second-order valence-corrected chi connectivity index (χ2v) is 5.22. The van der Waals surface area contributed by atoms with Crippen LogP contribution in [0.4, 0.5) is 0 Å². The SMILES string of the molecule is C/C(=N\NC(=O)c1cccc2ccccc12)c1cccc(O)c1. The lowest BCUT2D eigenvalue weighted by Gasteiger charge is -2.06. The fourth-order valence-electron chi connectivity index (χ4n) is 2.41. The topological polar surface area (TPSA) is 61.7 Å². The fourth-order valence-corrected chi connectivity index (χ4v) is 2.41. The average Bonchev–Trinajstić information content (AvgIpc) is 2.59. The first-order valence-corrected chi connectivity index (χ1v) is 7.27. The molecule has 0 heterocycles. The Hall–Kier alpha value is -3.14. The molecule has 114 valence electrons. The molecule has 0 atom stereocenters. The van der Waals surface area contributed by atoms with E-state index in [1.165, 1.54) is 0 Å². The van der Waals surface area contributed by atoms with Gasteiger partial charge in [0.25, 0.3) is 5.91 Å². The molecule has 0 bridgehead atoms. The lowest BCUT2D eigenvalue weighted by Crippen LogP contribution is -2.19. The van der Waals surface area contributed by atoms with Crippen molar-refractivity contribution in [2.75, 3.05) is 0 Å². The lowest BCUT2D eigenvalue weighted by atomic mass is 10.0. The molecule has 3 aromatic rings. The highest BCUT2D eigenvalue weighted by Gasteiger charge is 2.09. The summed E-state index contributed by atoms with van der Waals surface area (Å²) in [6.45, 7) is 1.78. The van der Waals surface area contributed by atoms with Gasteiger partial charge in [0.05, 0.1) is 5.71 Å². The third-order valence-electron chi connectivity index (χ3n) is 3.62. The number of carbonyl (C=O) groups is 1. The van der Waals surface area contributed by atoms with Gasteiger partial charge in [-0.05, 0) is 35.9 Å². The Balaban J connectivity index is 1.85. The highest BCUT2D eigenvalue weighted by molar-refractivity contribution is 6.08. The van der Waals surface area contributed by atoms with Crippen molar-refractivity contribution in [2.45, 2.75) is 6.92 Å². The normalized spacial score (nSPS) is 11.4. The predicted octanol–water partition coefficient (Wildman–Crippen LogP) is 3.70. The maximum Gasteiger partial charge on any atom is 0.272 e. The molecule has 0 radical (unpaired) electrons. The van der Waals surface area contributed by atoms with Crippen molar-refractivity contribution in [3.63, 3.8) is 0 Å². The van der Waals surface area contributed by atoms with E-state index in [-0.39, 0.29) is 11.7 Å². The highest BCUT2D eigenvalue weighted by Crippen LogP contribution is 2.18. The number of hydrazone groups is 1. The van der Waals surface area contributed by atoms with Gasteiger partial charge in [0, 0.05) is 11.1 Å². The molecule has 23 heavy (non-hydrogen) atoms. The maximum atomic E-state index is 12.4. The summed E-state index contributed by atoms with van der Waals surface area (Å²) in [5.41, 5.74) is 4.53. The minimum atomic E-state index is -0.263. The van der Waals surface area contributed by atoms with Crippen LogP contribution in [0.5, 0.6) is 5.75 Å². The average molecular weight is 304 g/mol. The zero-order chi connectivity index (χ0) is 16.2. The number of phenols is 1. The van der Waals surface area contributed by atoms with Crippen LogP contribution in [0.1, 0.15) is 22.8 Å². The summed E-state index contributed by atoms with van der Waals surface area (Å²) >= 11 is 0. The van der Waals surface area contributed by atoms with Gasteiger partial charge in [-0.25, -0.2) is 5.43 Å². The van der Waals surface area contributed by atoms with Crippen LogP contribution < -0.4 is 5.43 Å². The largest absolute Gasteiger partial charge is 0.508 e. The molecule has 0 unspecified atom stereocenters. The van der Waals surface area contributed by atoms with Crippen LogP contribution in [-0.2, 0) is 0 Å². The number of nitrogens with one attached hydrogen (secondary N) is 1. The van der Waals surface area contributed by atoms with E-state index in [4.69, 9.17) is 0 Å². The molecule has 2 N–H and O–H groups in total. The molecule has 0 aliphatic heterocycles. The van der Waals surface area contributed by atoms with Crippen molar-refractivity contribution in [1.29, 1.82) is 0 Å². The van der Waals surface area contributed by atoms with Gasteiger partial charge in [-0.1, -0.05) is 48.5 Å². The summed E-state index contributed by atoms with van der Waals surface area (Å²) in [6, 6.07) is 20.1. The van der Waals surface area contributed by atoms with Gasteiger partial charge >= 0.3 is 0 Å². The van der Waals surface area contributed by atoms with Crippen LogP contribution >= 0.6 is 0 Å². The number of hydrogen-bond acceptors (Lipinski definition) is 3. The zero-order valence-electron chi connectivity index (χ0n) is 12.7. The molecular formula is C19H16N2O2. The molecule has 4 heteroatoms. The van der Waals surface area contributed by atoms with Gasteiger partial charge in [0.1, 0.15) is 5.75 Å². The molecule has 3 rings (SSSR count). The molecule has 3 aromatic carbocycles. The minimum absolute atomic E-state index is 0.164. The summed E-state index contributed by atoms with van der Waals surface area (Å²) in [5, 5.41) is 15.5. The first-order chi connectivity index (χ1) is 11.1. The number of nitrogens with zero attached hydrogens (tertiary/aromatic N) is 1.